The molecule has 6 heteroatoms. The molecule has 0 spiro atoms. The van der Waals surface area contributed by atoms with Gasteiger partial charge >= 0.3 is 5.97 Å². The lowest BCUT2D eigenvalue weighted by atomic mass is 10.2. The van der Waals surface area contributed by atoms with E-state index in [1.165, 1.54) is 11.1 Å². The molecule has 0 unspecified atom stereocenters. The van der Waals surface area contributed by atoms with E-state index < -0.39 is 11.6 Å². The molecule has 1 aromatic heterocycles. The van der Waals surface area contributed by atoms with E-state index in [9.17, 15) is 9.59 Å². The number of carbonyl (C=O) groups is 2. The molecule has 2 N–H and O–H groups in total. The molecular formula is C13H19N3O3. The van der Waals surface area contributed by atoms with Gasteiger partial charge in [-0.25, -0.2) is 0 Å². The number of nitrogens with two attached hydrogens (primary N) is 1. The van der Waals surface area contributed by atoms with Gasteiger partial charge in [-0.15, -0.1) is 0 Å². The van der Waals surface area contributed by atoms with Gasteiger partial charge in [0.1, 0.15) is 12.1 Å². The molecule has 0 radical (unpaired) electrons. The molecule has 104 valence electrons. The number of esters is 1. The number of ether oxygens (including phenoxy) is 1. The number of hydrogen-bond acceptors (Lipinski definition) is 5. The third kappa shape index (κ3) is 5.05. The second kappa shape index (κ2) is 6.29. The van der Waals surface area contributed by atoms with Crippen molar-refractivity contribution >= 4 is 17.6 Å². The number of anilines is 1. The predicted octanol–water partition coefficient (Wildman–Crippen LogP) is 0.715. The van der Waals surface area contributed by atoms with E-state index in [1.54, 1.807) is 39.1 Å². The van der Waals surface area contributed by atoms with Gasteiger partial charge < -0.3 is 10.5 Å². The van der Waals surface area contributed by atoms with Crippen molar-refractivity contribution in [1.29, 1.82) is 0 Å². The summed E-state index contributed by atoms with van der Waals surface area (Å²) in [6.07, 6.45) is 3.08. The van der Waals surface area contributed by atoms with Gasteiger partial charge in [-0.1, -0.05) is 0 Å². The Kier molecular flexibility index (Phi) is 5.00. The van der Waals surface area contributed by atoms with E-state index in [2.05, 4.69) is 4.98 Å². The van der Waals surface area contributed by atoms with Gasteiger partial charge in [0.15, 0.2) is 0 Å². The van der Waals surface area contributed by atoms with Gasteiger partial charge in [0.05, 0.1) is 18.4 Å². The highest BCUT2D eigenvalue weighted by Gasteiger charge is 2.22. The van der Waals surface area contributed by atoms with Crippen LogP contribution in [0.2, 0.25) is 0 Å². The molecule has 1 heterocycles. The van der Waals surface area contributed by atoms with Crippen molar-refractivity contribution in [2.24, 2.45) is 5.73 Å². The molecule has 6 nitrogen and oxygen atoms in total. The van der Waals surface area contributed by atoms with Crippen LogP contribution in [-0.2, 0) is 14.3 Å². The van der Waals surface area contributed by atoms with Crippen LogP contribution in [0.25, 0.3) is 0 Å². The maximum Gasteiger partial charge on any atom is 0.326 e. The zero-order valence-corrected chi connectivity index (χ0v) is 11.4. The lowest BCUT2D eigenvalue weighted by molar-refractivity contribution is -0.153. The number of rotatable bonds is 4. The number of hydrogen-bond donors (Lipinski definition) is 1. The van der Waals surface area contributed by atoms with E-state index in [-0.39, 0.29) is 19.0 Å². The molecule has 0 bridgehead atoms. The van der Waals surface area contributed by atoms with E-state index in [0.29, 0.717) is 5.69 Å². The standard InChI is InChI=1S/C13H19N3O3/c1-13(2,3)19-12(18)9-16(11(17)7-14)10-5-4-6-15-8-10/h4-6,8H,7,9,14H2,1-3H3. The van der Waals surface area contributed by atoms with Crippen molar-refractivity contribution in [3.63, 3.8) is 0 Å². The second-order valence-electron chi connectivity index (χ2n) is 4.98. The van der Waals surface area contributed by atoms with E-state index in [4.69, 9.17) is 10.5 Å². The van der Waals surface area contributed by atoms with Gasteiger partial charge in [-0.05, 0) is 32.9 Å². The largest absolute Gasteiger partial charge is 0.459 e. The molecule has 0 atom stereocenters. The van der Waals surface area contributed by atoms with Crippen molar-refractivity contribution in [3.8, 4) is 0 Å². The molecule has 19 heavy (non-hydrogen) atoms. The Hall–Kier alpha value is -1.95. The van der Waals surface area contributed by atoms with E-state index >= 15 is 0 Å². The maximum atomic E-state index is 11.8. The van der Waals surface area contributed by atoms with Crippen LogP contribution in [0.1, 0.15) is 20.8 Å². The van der Waals surface area contributed by atoms with Crippen LogP contribution >= 0.6 is 0 Å². The summed E-state index contributed by atoms with van der Waals surface area (Å²) in [6.45, 7) is 4.94. The quantitative estimate of drug-likeness (QED) is 0.810. The topological polar surface area (TPSA) is 85.5 Å². The highest BCUT2D eigenvalue weighted by Crippen LogP contribution is 2.13. The Labute approximate surface area is 112 Å². The van der Waals surface area contributed by atoms with Crippen LogP contribution in [0, 0.1) is 0 Å². The van der Waals surface area contributed by atoms with Crippen molar-refractivity contribution in [2.45, 2.75) is 26.4 Å². The second-order valence-corrected chi connectivity index (χ2v) is 4.98. The highest BCUT2D eigenvalue weighted by molar-refractivity contribution is 5.98. The van der Waals surface area contributed by atoms with Crippen molar-refractivity contribution in [1.82, 2.24) is 4.98 Å². The first-order valence-corrected chi connectivity index (χ1v) is 5.96. The van der Waals surface area contributed by atoms with Crippen LogP contribution < -0.4 is 10.6 Å². The van der Waals surface area contributed by atoms with Crippen molar-refractivity contribution in [3.05, 3.63) is 24.5 Å². The Bertz CT molecular complexity index is 440. The summed E-state index contributed by atoms with van der Waals surface area (Å²) in [5, 5.41) is 0. The average Bonchev–Trinajstić information content (AvgIpc) is 2.34. The van der Waals surface area contributed by atoms with Crippen LogP contribution in [0.3, 0.4) is 0 Å². The van der Waals surface area contributed by atoms with Gasteiger partial charge in [0, 0.05) is 6.20 Å². The molecule has 0 aliphatic carbocycles. The Morgan fingerprint density at radius 1 is 1.42 bits per heavy atom. The fourth-order valence-electron chi connectivity index (χ4n) is 1.45. The molecular weight excluding hydrogens is 246 g/mol. The summed E-state index contributed by atoms with van der Waals surface area (Å²) in [5.41, 5.74) is 5.27. The van der Waals surface area contributed by atoms with Crippen LogP contribution in [0.15, 0.2) is 24.5 Å². The minimum Gasteiger partial charge on any atom is -0.459 e. The smallest absolute Gasteiger partial charge is 0.326 e. The van der Waals surface area contributed by atoms with Gasteiger partial charge in [0.2, 0.25) is 5.91 Å². The lowest BCUT2D eigenvalue weighted by Gasteiger charge is -2.24. The minimum absolute atomic E-state index is 0.182. The Morgan fingerprint density at radius 3 is 2.58 bits per heavy atom. The normalized spacial score (nSPS) is 10.9. The molecule has 0 saturated heterocycles. The summed E-state index contributed by atoms with van der Waals surface area (Å²) < 4.78 is 5.19. The van der Waals surface area contributed by atoms with E-state index in [1.807, 2.05) is 0 Å². The first-order valence-electron chi connectivity index (χ1n) is 5.96. The number of pyridine rings is 1. The number of carbonyl (C=O) groups excluding carboxylic acids is 2. The summed E-state index contributed by atoms with van der Waals surface area (Å²) in [4.78, 5) is 28.7. The molecule has 0 aliphatic heterocycles. The highest BCUT2D eigenvalue weighted by atomic mass is 16.6. The molecule has 1 aromatic rings. The number of aromatic nitrogens is 1. The SMILES string of the molecule is CC(C)(C)OC(=O)CN(C(=O)CN)c1cccnc1. The number of amides is 1. The Morgan fingerprint density at radius 2 is 2.11 bits per heavy atom. The summed E-state index contributed by atoms with van der Waals surface area (Å²) in [7, 11) is 0. The molecule has 0 aromatic carbocycles. The van der Waals surface area contributed by atoms with Gasteiger partial charge in [-0.3, -0.25) is 19.5 Å². The summed E-state index contributed by atoms with van der Waals surface area (Å²) in [6, 6.07) is 3.37. The zero-order chi connectivity index (χ0) is 14.5. The maximum absolute atomic E-state index is 11.8. The minimum atomic E-state index is -0.594. The molecule has 0 saturated carbocycles. The summed E-state index contributed by atoms with van der Waals surface area (Å²) >= 11 is 0. The predicted molar refractivity (Wildman–Crippen MR) is 71.5 cm³/mol. The zero-order valence-electron chi connectivity index (χ0n) is 11.4. The summed E-state index contributed by atoms with van der Waals surface area (Å²) in [5.74, 6) is -0.850. The van der Waals surface area contributed by atoms with E-state index in [0.717, 1.165) is 0 Å². The van der Waals surface area contributed by atoms with Crippen LogP contribution in [0.4, 0.5) is 5.69 Å². The van der Waals surface area contributed by atoms with Crippen LogP contribution in [-0.4, -0.2) is 35.6 Å². The molecule has 1 amide bonds. The fourth-order valence-corrected chi connectivity index (χ4v) is 1.45. The van der Waals surface area contributed by atoms with Crippen LogP contribution in [0.5, 0.6) is 0 Å². The van der Waals surface area contributed by atoms with Gasteiger partial charge in [0.25, 0.3) is 0 Å². The molecule has 0 fully saturated rings. The fraction of sp³-hybridized carbons (Fsp3) is 0.462. The third-order valence-corrected chi connectivity index (χ3v) is 2.14. The van der Waals surface area contributed by atoms with Gasteiger partial charge in [-0.2, -0.15) is 0 Å². The lowest BCUT2D eigenvalue weighted by Crippen LogP contribution is -2.41. The molecule has 0 aliphatic rings. The molecule has 1 rings (SSSR count). The number of nitrogens with zero attached hydrogens (tertiary/aromatic N) is 2. The third-order valence-electron chi connectivity index (χ3n) is 2.14. The first-order chi connectivity index (χ1) is 8.83. The van der Waals surface area contributed by atoms with Crippen molar-refractivity contribution in [2.75, 3.05) is 18.0 Å². The average molecular weight is 265 g/mol. The Balaban J connectivity index is 2.83. The first kappa shape index (κ1) is 15.1. The monoisotopic (exact) mass is 265 g/mol. The van der Waals surface area contributed by atoms with Crippen molar-refractivity contribution < 1.29 is 14.3 Å².